The third-order valence-electron chi connectivity index (χ3n) is 4.06. The van der Waals surface area contributed by atoms with Gasteiger partial charge in [-0.3, -0.25) is 4.72 Å². The van der Waals surface area contributed by atoms with Crippen LogP contribution in [0.1, 0.15) is 17.0 Å². The van der Waals surface area contributed by atoms with Gasteiger partial charge in [-0.25, -0.2) is 13.4 Å². The molecule has 0 amide bonds. The highest BCUT2D eigenvalue weighted by atomic mass is 32.2. The third-order valence-corrected chi connectivity index (χ3v) is 6.54. The number of nitrogens with one attached hydrogen (secondary N) is 1. The van der Waals surface area contributed by atoms with Crippen LogP contribution in [0.5, 0.6) is 0 Å². The first-order valence-electron chi connectivity index (χ1n) is 7.78. The quantitative estimate of drug-likeness (QED) is 0.678. The fraction of sp³-hybridized carbons (Fsp3) is 0.235. The van der Waals surface area contributed by atoms with E-state index < -0.39 is 21.8 Å². The zero-order valence-electron chi connectivity index (χ0n) is 14.6. The van der Waals surface area contributed by atoms with Crippen molar-refractivity contribution in [2.75, 3.05) is 4.72 Å². The van der Waals surface area contributed by atoms with Gasteiger partial charge in [0.2, 0.25) is 0 Å². The van der Waals surface area contributed by atoms with Crippen molar-refractivity contribution in [3.05, 3.63) is 52.7 Å². The lowest BCUT2D eigenvalue weighted by molar-refractivity contribution is -0.137. The summed E-state index contributed by atoms with van der Waals surface area (Å²) in [4.78, 5) is 4.35. The van der Waals surface area contributed by atoms with E-state index in [0.29, 0.717) is 16.4 Å². The number of thiazole rings is 1. The third kappa shape index (κ3) is 3.86. The van der Waals surface area contributed by atoms with Crippen molar-refractivity contribution in [3.63, 3.8) is 0 Å². The molecule has 0 saturated carbocycles. The predicted molar refractivity (Wildman–Crippen MR) is 98.2 cm³/mol. The van der Waals surface area contributed by atoms with Crippen LogP contribution in [0.15, 0.2) is 40.6 Å². The topological polar surface area (TPSA) is 64.0 Å². The van der Waals surface area contributed by atoms with Crippen LogP contribution in [0, 0.1) is 13.8 Å². The predicted octanol–water partition coefficient (Wildman–Crippen LogP) is 4.59. The highest BCUT2D eigenvalue weighted by molar-refractivity contribution is 7.92. The number of aromatic nitrogens is 2. The zero-order chi connectivity index (χ0) is 20.0. The molecule has 1 aromatic carbocycles. The van der Waals surface area contributed by atoms with Crippen molar-refractivity contribution in [1.29, 1.82) is 0 Å². The van der Waals surface area contributed by atoms with E-state index in [2.05, 4.69) is 9.71 Å². The van der Waals surface area contributed by atoms with E-state index in [1.807, 2.05) is 12.3 Å². The van der Waals surface area contributed by atoms with Crippen molar-refractivity contribution < 1.29 is 21.6 Å². The molecular weight excluding hydrogens is 399 g/mol. The van der Waals surface area contributed by atoms with Crippen LogP contribution < -0.4 is 4.72 Å². The molecule has 0 aliphatic heterocycles. The first kappa shape index (κ1) is 19.4. The number of anilines is 1. The van der Waals surface area contributed by atoms with Crippen LogP contribution in [-0.4, -0.2) is 18.0 Å². The molecule has 0 aliphatic rings. The average molecular weight is 415 g/mol. The fourth-order valence-electron chi connectivity index (χ4n) is 2.59. The zero-order valence-corrected chi connectivity index (χ0v) is 16.3. The summed E-state index contributed by atoms with van der Waals surface area (Å²) in [7, 11) is -2.36. The van der Waals surface area contributed by atoms with Gasteiger partial charge in [0, 0.05) is 29.5 Å². The van der Waals surface area contributed by atoms with Gasteiger partial charge < -0.3 is 4.57 Å². The molecule has 0 atom stereocenters. The van der Waals surface area contributed by atoms with Crippen molar-refractivity contribution in [2.24, 2.45) is 7.05 Å². The van der Waals surface area contributed by atoms with E-state index in [4.69, 9.17) is 0 Å². The molecule has 2 heterocycles. The monoisotopic (exact) mass is 415 g/mol. The van der Waals surface area contributed by atoms with E-state index in [1.54, 1.807) is 18.5 Å². The Labute approximate surface area is 158 Å². The van der Waals surface area contributed by atoms with Crippen molar-refractivity contribution in [2.45, 2.75) is 24.9 Å². The second-order valence-corrected chi connectivity index (χ2v) is 8.53. The largest absolute Gasteiger partial charge is 0.416 e. The summed E-state index contributed by atoms with van der Waals surface area (Å²) >= 11 is 1.39. The van der Waals surface area contributed by atoms with E-state index in [9.17, 15) is 21.6 Å². The molecule has 0 spiro atoms. The summed E-state index contributed by atoms with van der Waals surface area (Å²) < 4.78 is 68.0. The molecule has 0 saturated heterocycles. The maximum atomic E-state index is 12.8. The molecular formula is C17H16F3N3O2S2. The minimum atomic E-state index is -4.56. The Kier molecular flexibility index (Phi) is 4.81. The van der Waals surface area contributed by atoms with Crippen LogP contribution in [0.4, 0.5) is 18.9 Å². The van der Waals surface area contributed by atoms with Crippen LogP contribution >= 0.6 is 11.3 Å². The Morgan fingerprint density at radius 3 is 2.48 bits per heavy atom. The summed E-state index contributed by atoms with van der Waals surface area (Å²) in [5.41, 5.74) is 0.818. The van der Waals surface area contributed by atoms with Crippen molar-refractivity contribution in [1.82, 2.24) is 9.55 Å². The molecule has 3 aromatic rings. The molecule has 0 unspecified atom stereocenters. The molecule has 3 rings (SSSR count). The molecule has 0 fully saturated rings. The minimum absolute atomic E-state index is 0.00901. The molecule has 10 heteroatoms. The number of sulfonamides is 1. The highest BCUT2D eigenvalue weighted by Gasteiger charge is 2.31. The lowest BCUT2D eigenvalue weighted by Crippen LogP contribution is -2.14. The number of hydrogen-bond donors (Lipinski definition) is 1. The summed E-state index contributed by atoms with van der Waals surface area (Å²) in [6.07, 6.45) is -4.56. The van der Waals surface area contributed by atoms with Gasteiger partial charge in [-0.2, -0.15) is 13.2 Å². The summed E-state index contributed by atoms with van der Waals surface area (Å²) in [5, 5.41) is 2.52. The normalized spacial score (nSPS) is 12.4. The van der Waals surface area contributed by atoms with Gasteiger partial charge in [0.1, 0.15) is 9.90 Å². The minimum Gasteiger partial charge on any atom is -0.345 e. The first-order valence-corrected chi connectivity index (χ1v) is 10.1. The Bertz CT molecular complexity index is 1100. The standard InChI is InChI=1S/C17H16F3N3O2S2/c1-10-9-26-16(21-10)14-8-15(11(2)23(14)3)27(24,25)22-13-6-4-5-12(7-13)17(18,19)20/h4-9,22H,1-3H3. The van der Waals surface area contributed by atoms with Crippen LogP contribution in [0.3, 0.4) is 0 Å². The Hall–Kier alpha value is -2.33. The number of aryl methyl sites for hydroxylation is 1. The second-order valence-electron chi connectivity index (χ2n) is 6.02. The molecule has 27 heavy (non-hydrogen) atoms. The molecule has 0 aliphatic carbocycles. The molecule has 0 radical (unpaired) electrons. The van der Waals surface area contributed by atoms with Crippen LogP contribution in [0.25, 0.3) is 10.7 Å². The summed E-state index contributed by atoms with van der Waals surface area (Å²) in [6.45, 7) is 3.47. The van der Waals surface area contributed by atoms with Crippen molar-refractivity contribution >= 4 is 27.0 Å². The Balaban J connectivity index is 1.99. The van der Waals surface area contributed by atoms with Gasteiger partial charge in [-0.15, -0.1) is 11.3 Å². The maximum absolute atomic E-state index is 12.8. The second kappa shape index (κ2) is 6.68. The molecule has 5 nitrogen and oxygen atoms in total. The molecule has 144 valence electrons. The van der Waals surface area contributed by atoms with E-state index in [-0.39, 0.29) is 10.6 Å². The smallest absolute Gasteiger partial charge is 0.345 e. The number of benzene rings is 1. The van der Waals surface area contributed by atoms with Gasteiger partial charge in [0.05, 0.1) is 11.3 Å². The Morgan fingerprint density at radius 1 is 1.19 bits per heavy atom. The lowest BCUT2D eigenvalue weighted by atomic mass is 10.2. The van der Waals surface area contributed by atoms with Gasteiger partial charge >= 0.3 is 6.18 Å². The van der Waals surface area contributed by atoms with E-state index in [0.717, 1.165) is 23.9 Å². The van der Waals surface area contributed by atoms with E-state index >= 15 is 0 Å². The van der Waals surface area contributed by atoms with Gasteiger partial charge in [0.25, 0.3) is 10.0 Å². The number of nitrogens with zero attached hydrogens (tertiary/aromatic N) is 2. The van der Waals surface area contributed by atoms with Gasteiger partial charge in [0.15, 0.2) is 0 Å². The SMILES string of the molecule is Cc1csc(-c2cc(S(=O)(=O)Nc3cccc(C(F)(F)F)c3)c(C)n2C)n1. The highest BCUT2D eigenvalue weighted by Crippen LogP contribution is 2.33. The van der Waals surface area contributed by atoms with Crippen molar-refractivity contribution in [3.8, 4) is 10.7 Å². The molecule has 0 bridgehead atoms. The van der Waals surface area contributed by atoms with E-state index in [1.165, 1.54) is 23.5 Å². The number of rotatable bonds is 4. The molecule has 1 N–H and O–H groups in total. The summed E-state index contributed by atoms with van der Waals surface area (Å²) in [6, 6.07) is 5.55. The van der Waals surface area contributed by atoms with Gasteiger partial charge in [-0.1, -0.05) is 6.07 Å². The fourth-order valence-corrected chi connectivity index (χ4v) is 4.78. The van der Waals surface area contributed by atoms with Crippen LogP contribution in [0.2, 0.25) is 0 Å². The number of hydrogen-bond acceptors (Lipinski definition) is 4. The summed E-state index contributed by atoms with van der Waals surface area (Å²) in [5.74, 6) is 0. The maximum Gasteiger partial charge on any atom is 0.416 e. The average Bonchev–Trinajstić information content (AvgIpc) is 3.11. The number of alkyl halides is 3. The Morgan fingerprint density at radius 2 is 1.89 bits per heavy atom. The van der Waals surface area contributed by atoms with Gasteiger partial charge in [-0.05, 0) is 38.1 Å². The number of halogens is 3. The lowest BCUT2D eigenvalue weighted by Gasteiger charge is -2.11. The molecule has 2 aromatic heterocycles. The first-order chi connectivity index (χ1) is 12.5. The van der Waals surface area contributed by atoms with Crippen LogP contribution in [-0.2, 0) is 23.2 Å².